The van der Waals surface area contributed by atoms with Gasteiger partial charge in [0.05, 0.1) is 11.7 Å². The number of benzene rings is 1. The number of nitrogens with two attached hydrogens (primary N) is 1. The van der Waals surface area contributed by atoms with E-state index < -0.39 is 0 Å². The number of rotatable bonds is 5. The normalized spacial score (nSPS) is 14.2. The number of halogens is 1. The average molecular weight is 289 g/mol. The summed E-state index contributed by atoms with van der Waals surface area (Å²) < 4.78 is 15.2. The van der Waals surface area contributed by atoms with Crippen molar-refractivity contribution in [3.05, 3.63) is 52.6 Å². The summed E-state index contributed by atoms with van der Waals surface area (Å²) in [6.45, 7) is 8.31. The highest BCUT2D eigenvalue weighted by molar-refractivity contribution is 5.29. The summed E-state index contributed by atoms with van der Waals surface area (Å²) in [5.74, 6) is -0.231. The maximum Gasteiger partial charge on any atom is 0.123 e. The molecular formula is C17H24FN3. The quantitative estimate of drug-likeness (QED) is 0.915. The average Bonchev–Trinajstić information content (AvgIpc) is 2.75. The van der Waals surface area contributed by atoms with Crippen LogP contribution in [0, 0.1) is 19.7 Å². The Bertz CT molecular complexity index is 601. The molecule has 0 radical (unpaired) electrons. The molecule has 2 atom stereocenters. The van der Waals surface area contributed by atoms with Gasteiger partial charge in [-0.1, -0.05) is 26.0 Å². The Labute approximate surface area is 126 Å². The highest BCUT2D eigenvalue weighted by Crippen LogP contribution is 2.27. The standard InChI is InChI=1S/C17H24FN3/c1-5-15-11(3)20-21(12(15)4)17(16(19)6-2)13-7-9-14(18)10-8-13/h7-10,16-17H,5-6,19H2,1-4H3. The highest BCUT2D eigenvalue weighted by Gasteiger charge is 2.24. The van der Waals surface area contributed by atoms with E-state index in [1.807, 2.05) is 11.6 Å². The molecule has 0 aliphatic carbocycles. The minimum atomic E-state index is -0.231. The first-order valence-corrected chi connectivity index (χ1v) is 7.55. The largest absolute Gasteiger partial charge is 0.326 e. The molecule has 0 saturated heterocycles. The first-order chi connectivity index (χ1) is 9.99. The second kappa shape index (κ2) is 6.39. The molecule has 0 fully saturated rings. The van der Waals surface area contributed by atoms with Gasteiger partial charge in [0.25, 0.3) is 0 Å². The van der Waals surface area contributed by atoms with Crippen molar-refractivity contribution < 1.29 is 4.39 Å². The van der Waals surface area contributed by atoms with Crippen LogP contribution in [0.3, 0.4) is 0 Å². The molecule has 1 aromatic heterocycles. The van der Waals surface area contributed by atoms with Crippen LogP contribution in [-0.2, 0) is 6.42 Å². The lowest BCUT2D eigenvalue weighted by molar-refractivity contribution is 0.414. The molecule has 0 aliphatic heterocycles. The lowest BCUT2D eigenvalue weighted by Gasteiger charge is -2.25. The van der Waals surface area contributed by atoms with Gasteiger partial charge in [-0.15, -0.1) is 0 Å². The SMILES string of the molecule is CCc1c(C)nn(C(c2ccc(F)cc2)C(N)CC)c1C. The second-order valence-corrected chi connectivity index (χ2v) is 5.52. The van der Waals surface area contributed by atoms with E-state index in [0.717, 1.165) is 29.8 Å². The Balaban J connectivity index is 2.53. The van der Waals surface area contributed by atoms with E-state index in [0.29, 0.717) is 0 Å². The summed E-state index contributed by atoms with van der Waals surface area (Å²) in [7, 11) is 0. The predicted molar refractivity (Wildman–Crippen MR) is 83.9 cm³/mol. The second-order valence-electron chi connectivity index (χ2n) is 5.52. The van der Waals surface area contributed by atoms with Crippen LogP contribution in [-0.4, -0.2) is 15.8 Å². The van der Waals surface area contributed by atoms with Crippen molar-refractivity contribution in [2.75, 3.05) is 0 Å². The van der Waals surface area contributed by atoms with Gasteiger partial charge in [-0.25, -0.2) is 4.39 Å². The number of aromatic nitrogens is 2. The third-order valence-electron chi connectivity index (χ3n) is 4.18. The molecule has 0 saturated carbocycles. The molecular weight excluding hydrogens is 265 g/mol. The molecule has 2 N–H and O–H groups in total. The topological polar surface area (TPSA) is 43.8 Å². The fourth-order valence-corrected chi connectivity index (χ4v) is 2.93. The molecule has 0 amide bonds. The maximum atomic E-state index is 13.2. The zero-order valence-electron chi connectivity index (χ0n) is 13.2. The van der Waals surface area contributed by atoms with Gasteiger partial charge in [0.1, 0.15) is 5.82 Å². The van der Waals surface area contributed by atoms with Crippen LogP contribution < -0.4 is 5.73 Å². The minimum Gasteiger partial charge on any atom is -0.326 e. The van der Waals surface area contributed by atoms with Crippen molar-refractivity contribution in [2.45, 2.75) is 52.6 Å². The van der Waals surface area contributed by atoms with Crippen LogP contribution >= 0.6 is 0 Å². The molecule has 2 unspecified atom stereocenters. The van der Waals surface area contributed by atoms with E-state index in [2.05, 4.69) is 20.8 Å². The Hall–Kier alpha value is -1.68. The fourth-order valence-electron chi connectivity index (χ4n) is 2.93. The van der Waals surface area contributed by atoms with Gasteiger partial charge in [-0.3, -0.25) is 4.68 Å². The molecule has 0 bridgehead atoms. The van der Waals surface area contributed by atoms with Crippen LogP contribution in [0.5, 0.6) is 0 Å². The fraction of sp³-hybridized carbons (Fsp3) is 0.471. The van der Waals surface area contributed by atoms with E-state index >= 15 is 0 Å². The minimum absolute atomic E-state index is 0.0573. The molecule has 1 heterocycles. The molecule has 2 aromatic rings. The number of hydrogen-bond acceptors (Lipinski definition) is 2. The maximum absolute atomic E-state index is 13.2. The van der Waals surface area contributed by atoms with Crippen LogP contribution in [0.1, 0.15) is 48.8 Å². The molecule has 0 spiro atoms. The molecule has 0 aliphatic rings. The monoisotopic (exact) mass is 289 g/mol. The zero-order valence-corrected chi connectivity index (χ0v) is 13.2. The van der Waals surface area contributed by atoms with E-state index in [1.165, 1.54) is 17.7 Å². The van der Waals surface area contributed by atoms with E-state index in [-0.39, 0.29) is 17.9 Å². The van der Waals surface area contributed by atoms with Crippen molar-refractivity contribution in [1.29, 1.82) is 0 Å². The van der Waals surface area contributed by atoms with Gasteiger partial charge < -0.3 is 5.73 Å². The highest BCUT2D eigenvalue weighted by atomic mass is 19.1. The van der Waals surface area contributed by atoms with Gasteiger partial charge in [-0.05, 0) is 49.9 Å². The van der Waals surface area contributed by atoms with Crippen molar-refractivity contribution in [1.82, 2.24) is 9.78 Å². The summed E-state index contributed by atoms with van der Waals surface area (Å²) in [6, 6.07) is 6.46. The first kappa shape index (κ1) is 15.7. The van der Waals surface area contributed by atoms with Crippen molar-refractivity contribution in [2.24, 2.45) is 5.73 Å². The van der Waals surface area contributed by atoms with Gasteiger partial charge in [-0.2, -0.15) is 5.10 Å². The van der Waals surface area contributed by atoms with Crippen molar-refractivity contribution in [3.8, 4) is 0 Å². The van der Waals surface area contributed by atoms with E-state index in [9.17, 15) is 4.39 Å². The van der Waals surface area contributed by atoms with Crippen LogP contribution in [0.15, 0.2) is 24.3 Å². The molecule has 2 rings (SSSR count). The van der Waals surface area contributed by atoms with E-state index in [4.69, 9.17) is 10.8 Å². The Morgan fingerprint density at radius 3 is 2.29 bits per heavy atom. The summed E-state index contributed by atoms with van der Waals surface area (Å²) in [5, 5.41) is 4.69. The van der Waals surface area contributed by atoms with Gasteiger partial charge >= 0.3 is 0 Å². The lowest BCUT2D eigenvalue weighted by Crippen LogP contribution is -2.33. The Morgan fingerprint density at radius 2 is 1.81 bits per heavy atom. The smallest absolute Gasteiger partial charge is 0.123 e. The van der Waals surface area contributed by atoms with E-state index in [1.54, 1.807) is 12.1 Å². The number of nitrogens with zero attached hydrogens (tertiary/aromatic N) is 2. The summed E-state index contributed by atoms with van der Waals surface area (Å²) >= 11 is 0. The summed E-state index contributed by atoms with van der Waals surface area (Å²) in [4.78, 5) is 0. The Morgan fingerprint density at radius 1 is 1.19 bits per heavy atom. The molecule has 21 heavy (non-hydrogen) atoms. The van der Waals surface area contributed by atoms with Gasteiger partial charge in [0.2, 0.25) is 0 Å². The predicted octanol–water partition coefficient (Wildman–Crippen LogP) is 3.53. The van der Waals surface area contributed by atoms with Crippen LogP contribution in [0.4, 0.5) is 4.39 Å². The number of hydrogen-bond donors (Lipinski definition) is 1. The number of aryl methyl sites for hydroxylation is 1. The van der Waals surface area contributed by atoms with Crippen LogP contribution in [0.25, 0.3) is 0 Å². The third kappa shape index (κ3) is 3.00. The first-order valence-electron chi connectivity index (χ1n) is 7.55. The van der Waals surface area contributed by atoms with Crippen molar-refractivity contribution in [3.63, 3.8) is 0 Å². The summed E-state index contributed by atoms with van der Waals surface area (Å²) in [5.41, 5.74) is 10.8. The molecule has 4 heteroatoms. The third-order valence-corrected chi connectivity index (χ3v) is 4.18. The van der Waals surface area contributed by atoms with Gasteiger partial charge in [0, 0.05) is 11.7 Å². The summed E-state index contributed by atoms with van der Waals surface area (Å²) in [6.07, 6.45) is 1.79. The molecule has 1 aromatic carbocycles. The zero-order chi connectivity index (χ0) is 15.6. The van der Waals surface area contributed by atoms with Gasteiger partial charge in [0.15, 0.2) is 0 Å². The Kier molecular flexibility index (Phi) is 4.78. The molecule has 114 valence electrons. The van der Waals surface area contributed by atoms with Crippen molar-refractivity contribution >= 4 is 0 Å². The molecule has 3 nitrogen and oxygen atoms in total. The lowest BCUT2D eigenvalue weighted by atomic mass is 9.97. The van der Waals surface area contributed by atoms with Crippen LogP contribution in [0.2, 0.25) is 0 Å².